The van der Waals surface area contributed by atoms with Gasteiger partial charge in [-0.25, -0.2) is 4.98 Å². The number of amides is 1. The van der Waals surface area contributed by atoms with E-state index in [1.165, 1.54) is 5.56 Å². The fourth-order valence-electron chi connectivity index (χ4n) is 3.63. The number of aromatic nitrogens is 2. The number of nitrogens with zero attached hydrogens (tertiary/aromatic N) is 4. The fourth-order valence-corrected chi connectivity index (χ4v) is 3.75. The summed E-state index contributed by atoms with van der Waals surface area (Å²) in [5, 5.41) is 0.762. The van der Waals surface area contributed by atoms with Crippen molar-refractivity contribution in [3.8, 4) is 11.3 Å². The second kappa shape index (κ2) is 9.25. The Morgan fingerprint density at radius 1 is 0.966 bits per heavy atom. The van der Waals surface area contributed by atoms with E-state index in [0.29, 0.717) is 13.0 Å². The van der Waals surface area contributed by atoms with E-state index in [0.717, 1.165) is 49.0 Å². The number of hydrogen-bond donors (Lipinski definition) is 0. The fraction of sp³-hybridized carbons (Fsp3) is 0.304. The summed E-state index contributed by atoms with van der Waals surface area (Å²) >= 11 is 5.95. The normalized spacial score (nSPS) is 14.9. The van der Waals surface area contributed by atoms with Gasteiger partial charge in [-0.05, 0) is 17.7 Å². The molecular formula is C23H25ClN4O. The van der Waals surface area contributed by atoms with E-state index in [1.54, 1.807) is 6.33 Å². The van der Waals surface area contributed by atoms with Gasteiger partial charge in [0.15, 0.2) is 0 Å². The Kier molecular flexibility index (Phi) is 6.27. The van der Waals surface area contributed by atoms with Crippen molar-refractivity contribution in [2.24, 2.45) is 0 Å². The van der Waals surface area contributed by atoms with Crippen molar-refractivity contribution >= 4 is 17.5 Å². The molecule has 0 spiro atoms. The van der Waals surface area contributed by atoms with Gasteiger partial charge in [0.25, 0.3) is 0 Å². The van der Waals surface area contributed by atoms with Gasteiger partial charge in [0.05, 0.1) is 12.0 Å². The lowest BCUT2D eigenvalue weighted by atomic mass is 10.2. The molecule has 1 aliphatic heterocycles. The SMILES string of the molecule is O=C(CCn1cnc(-c2ccccc2)c1)N1CCN(Cc2ccc(Cl)cc2)CC1. The molecule has 0 saturated carbocycles. The minimum Gasteiger partial charge on any atom is -0.340 e. The van der Waals surface area contributed by atoms with E-state index in [9.17, 15) is 4.79 Å². The molecule has 1 amide bonds. The Bertz CT molecular complexity index is 931. The lowest BCUT2D eigenvalue weighted by Gasteiger charge is -2.34. The molecule has 150 valence electrons. The number of benzene rings is 2. The van der Waals surface area contributed by atoms with Crippen LogP contribution in [0.2, 0.25) is 5.02 Å². The molecule has 1 aliphatic rings. The summed E-state index contributed by atoms with van der Waals surface area (Å²) in [7, 11) is 0. The minimum absolute atomic E-state index is 0.214. The molecular weight excluding hydrogens is 384 g/mol. The molecule has 0 N–H and O–H groups in total. The van der Waals surface area contributed by atoms with Gasteiger partial charge in [0, 0.05) is 62.5 Å². The summed E-state index contributed by atoms with van der Waals surface area (Å²) in [6.07, 6.45) is 4.31. The maximum Gasteiger partial charge on any atom is 0.224 e. The molecule has 5 nitrogen and oxygen atoms in total. The zero-order chi connectivity index (χ0) is 20.1. The monoisotopic (exact) mass is 408 g/mol. The van der Waals surface area contributed by atoms with Crippen LogP contribution in [0.15, 0.2) is 67.1 Å². The Hall–Kier alpha value is -2.63. The molecule has 0 aliphatic carbocycles. The van der Waals surface area contributed by atoms with Crippen LogP contribution in [0.3, 0.4) is 0 Å². The highest BCUT2D eigenvalue weighted by Gasteiger charge is 2.21. The lowest BCUT2D eigenvalue weighted by molar-refractivity contribution is -0.133. The Morgan fingerprint density at radius 2 is 1.69 bits per heavy atom. The van der Waals surface area contributed by atoms with E-state index in [-0.39, 0.29) is 5.91 Å². The van der Waals surface area contributed by atoms with E-state index in [1.807, 2.05) is 58.1 Å². The number of carbonyl (C=O) groups is 1. The first kappa shape index (κ1) is 19.7. The Morgan fingerprint density at radius 3 is 2.41 bits per heavy atom. The molecule has 29 heavy (non-hydrogen) atoms. The van der Waals surface area contributed by atoms with E-state index in [2.05, 4.69) is 22.0 Å². The molecule has 1 aromatic heterocycles. The summed E-state index contributed by atoms with van der Waals surface area (Å²) in [6, 6.07) is 18.1. The summed E-state index contributed by atoms with van der Waals surface area (Å²) in [4.78, 5) is 21.4. The predicted molar refractivity (Wildman–Crippen MR) is 116 cm³/mol. The van der Waals surface area contributed by atoms with Gasteiger partial charge in [-0.15, -0.1) is 0 Å². The van der Waals surface area contributed by atoms with Gasteiger partial charge in [-0.3, -0.25) is 9.69 Å². The highest BCUT2D eigenvalue weighted by Crippen LogP contribution is 2.17. The van der Waals surface area contributed by atoms with Crippen LogP contribution in [0.5, 0.6) is 0 Å². The van der Waals surface area contributed by atoms with Crippen molar-refractivity contribution in [3.63, 3.8) is 0 Å². The Labute approximate surface area is 176 Å². The molecule has 3 aromatic rings. The van der Waals surface area contributed by atoms with Crippen molar-refractivity contribution < 1.29 is 4.79 Å². The van der Waals surface area contributed by atoms with Crippen molar-refractivity contribution in [2.75, 3.05) is 26.2 Å². The minimum atomic E-state index is 0.214. The molecule has 0 bridgehead atoms. The van der Waals surface area contributed by atoms with Gasteiger partial charge >= 0.3 is 0 Å². The standard InChI is InChI=1S/C23H25ClN4O/c24-21-8-6-19(7-9-21)16-26-12-14-28(15-13-26)23(29)10-11-27-17-22(25-18-27)20-4-2-1-3-5-20/h1-9,17-18H,10-16H2. The largest absolute Gasteiger partial charge is 0.340 e. The number of halogens is 1. The molecule has 2 aromatic carbocycles. The summed E-state index contributed by atoms with van der Waals surface area (Å²) in [6.45, 7) is 4.92. The van der Waals surface area contributed by atoms with Crippen LogP contribution >= 0.6 is 11.6 Å². The van der Waals surface area contributed by atoms with Crippen molar-refractivity contribution in [3.05, 3.63) is 77.7 Å². The first-order chi connectivity index (χ1) is 14.2. The van der Waals surface area contributed by atoms with Crippen LogP contribution in [0.4, 0.5) is 0 Å². The predicted octanol–water partition coefficient (Wildman–Crippen LogP) is 3.94. The third-order valence-electron chi connectivity index (χ3n) is 5.33. The van der Waals surface area contributed by atoms with E-state index >= 15 is 0 Å². The average Bonchev–Trinajstić information content (AvgIpc) is 3.24. The summed E-state index contributed by atoms with van der Waals surface area (Å²) < 4.78 is 2.00. The van der Waals surface area contributed by atoms with Crippen molar-refractivity contribution in [1.82, 2.24) is 19.4 Å². The topological polar surface area (TPSA) is 41.4 Å². The number of piperazine rings is 1. The van der Waals surface area contributed by atoms with Crippen LogP contribution in [-0.2, 0) is 17.9 Å². The van der Waals surface area contributed by atoms with Crippen LogP contribution in [0.25, 0.3) is 11.3 Å². The quantitative estimate of drug-likeness (QED) is 0.620. The third kappa shape index (κ3) is 5.25. The average molecular weight is 409 g/mol. The first-order valence-electron chi connectivity index (χ1n) is 9.99. The number of aryl methyl sites for hydroxylation is 1. The van der Waals surface area contributed by atoms with Crippen LogP contribution in [0.1, 0.15) is 12.0 Å². The Balaban J connectivity index is 1.23. The smallest absolute Gasteiger partial charge is 0.224 e. The highest BCUT2D eigenvalue weighted by molar-refractivity contribution is 6.30. The molecule has 1 fully saturated rings. The molecule has 0 unspecified atom stereocenters. The molecule has 4 rings (SSSR count). The maximum atomic E-state index is 12.6. The first-order valence-corrected chi connectivity index (χ1v) is 10.4. The van der Waals surface area contributed by atoms with Gasteiger partial charge in [0.2, 0.25) is 5.91 Å². The van der Waals surface area contributed by atoms with E-state index < -0.39 is 0 Å². The summed E-state index contributed by atoms with van der Waals surface area (Å²) in [5.41, 5.74) is 3.28. The highest BCUT2D eigenvalue weighted by atomic mass is 35.5. The van der Waals surface area contributed by atoms with Crippen molar-refractivity contribution in [2.45, 2.75) is 19.5 Å². The number of carbonyl (C=O) groups excluding carboxylic acids is 1. The lowest BCUT2D eigenvalue weighted by Crippen LogP contribution is -2.48. The third-order valence-corrected chi connectivity index (χ3v) is 5.58. The van der Waals surface area contributed by atoms with Crippen LogP contribution in [0, 0.1) is 0 Å². The van der Waals surface area contributed by atoms with Crippen molar-refractivity contribution in [1.29, 1.82) is 0 Å². The van der Waals surface area contributed by atoms with Gasteiger partial charge in [-0.1, -0.05) is 54.1 Å². The number of rotatable bonds is 6. The second-order valence-corrected chi connectivity index (χ2v) is 7.83. The number of imidazole rings is 1. The van der Waals surface area contributed by atoms with Gasteiger partial charge in [-0.2, -0.15) is 0 Å². The zero-order valence-corrected chi connectivity index (χ0v) is 17.1. The maximum absolute atomic E-state index is 12.6. The number of hydrogen-bond acceptors (Lipinski definition) is 3. The van der Waals surface area contributed by atoms with Gasteiger partial charge in [0.1, 0.15) is 0 Å². The molecule has 0 radical (unpaired) electrons. The molecule has 6 heteroatoms. The van der Waals surface area contributed by atoms with E-state index in [4.69, 9.17) is 11.6 Å². The van der Waals surface area contributed by atoms with Gasteiger partial charge < -0.3 is 9.47 Å². The second-order valence-electron chi connectivity index (χ2n) is 7.40. The molecule has 2 heterocycles. The van der Waals surface area contributed by atoms with Crippen LogP contribution in [-0.4, -0.2) is 51.4 Å². The molecule has 1 saturated heterocycles. The van der Waals surface area contributed by atoms with Crippen LogP contribution < -0.4 is 0 Å². The zero-order valence-electron chi connectivity index (χ0n) is 16.4. The molecule has 0 atom stereocenters. The summed E-state index contributed by atoms with van der Waals surface area (Å²) in [5.74, 6) is 0.214.